The van der Waals surface area contributed by atoms with Crippen LogP contribution < -0.4 is 10.1 Å². The van der Waals surface area contributed by atoms with Crippen molar-refractivity contribution in [2.75, 3.05) is 12.4 Å². The molecule has 3 aromatic rings. The molecule has 0 saturated heterocycles. The van der Waals surface area contributed by atoms with E-state index >= 15 is 0 Å². The van der Waals surface area contributed by atoms with E-state index in [0.29, 0.717) is 6.54 Å². The van der Waals surface area contributed by atoms with Crippen LogP contribution in [0.1, 0.15) is 5.76 Å². The summed E-state index contributed by atoms with van der Waals surface area (Å²) in [5, 5.41) is 5.06. The lowest BCUT2D eigenvalue weighted by Crippen LogP contribution is -1.97. The molecule has 0 radical (unpaired) electrons. The Balaban J connectivity index is 1.79. The van der Waals surface area contributed by atoms with E-state index in [1.807, 2.05) is 48.5 Å². The van der Waals surface area contributed by atoms with Crippen molar-refractivity contribution < 1.29 is 9.15 Å². The molecule has 3 rings (SSSR count). The maximum atomic E-state index is 5.86. The number of benzene rings is 2. The molecular weight excluding hydrogens is 274 g/mol. The molecule has 1 aromatic heterocycles. The number of para-hydroxylation sites is 1. The van der Waals surface area contributed by atoms with Gasteiger partial charge in [-0.15, -0.1) is 0 Å². The molecule has 0 amide bonds. The third-order valence-electron chi connectivity index (χ3n) is 3.09. The lowest BCUT2D eigenvalue weighted by molar-refractivity contribution is 0.408. The molecular formula is C16H14ClNO2. The van der Waals surface area contributed by atoms with Gasteiger partial charge in [-0.25, -0.2) is 0 Å². The predicted molar refractivity (Wildman–Crippen MR) is 81.5 cm³/mol. The summed E-state index contributed by atoms with van der Waals surface area (Å²) in [6.07, 6.45) is 0. The number of rotatable bonds is 4. The fourth-order valence-corrected chi connectivity index (χ4v) is 2.22. The molecule has 0 aliphatic heterocycles. The maximum absolute atomic E-state index is 5.86. The van der Waals surface area contributed by atoms with Crippen LogP contribution in [0, 0.1) is 0 Å². The fourth-order valence-electron chi connectivity index (χ4n) is 2.09. The van der Waals surface area contributed by atoms with Gasteiger partial charge in [0.05, 0.1) is 13.7 Å². The molecule has 4 heteroatoms. The van der Waals surface area contributed by atoms with Crippen LogP contribution in [0.4, 0.5) is 5.69 Å². The van der Waals surface area contributed by atoms with Gasteiger partial charge in [0.2, 0.25) is 0 Å². The number of anilines is 1. The molecule has 2 aromatic carbocycles. The highest BCUT2D eigenvalue weighted by Gasteiger charge is 2.08. The second kappa shape index (κ2) is 5.47. The van der Waals surface area contributed by atoms with E-state index < -0.39 is 0 Å². The van der Waals surface area contributed by atoms with Gasteiger partial charge in [-0.1, -0.05) is 23.7 Å². The Morgan fingerprint density at radius 2 is 1.95 bits per heavy atom. The van der Waals surface area contributed by atoms with Crippen LogP contribution in [0.2, 0.25) is 5.02 Å². The summed E-state index contributed by atoms with van der Waals surface area (Å²) in [5.74, 6) is 1.61. The molecule has 0 fully saturated rings. The van der Waals surface area contributed by atoms with Crippen LogP contribution in [0.5, 0.6) is 5.75 Å². The summed E-state index contributed by atoms with van der Waals surface area (Å²) in [7, 11) is 1.64. The highest BCUT2D eigenvalue weighted by atomic mass is 35.5. The number of halogens is 1. The summed E-state index contributed by atoms with van der Waals surface area (Å²) in [4.78, 5) is 0. The molecule has 0 aliphatic rings. The van der Waals surface area contributed by atoms with Crippen molar-refractivity contribution in [2.24, 2.45) is 0 Å². The monoisotopic (exact) mass is 287 g/mol. The standard InChI is InChI=1S/C16H14ClNO2/c1-19-15-4-2-3-11-9-14(20-16(11)15)10-18-13-7-5-12(17)6-8-13/h2-9,18H,10H2,1H3. The molecule has 0 saturated carbocycles. The van der Waals surface area contributed by atoms with Gasteiger partial charge in [-0.05, 0) is 36.4 Å². The van der Waals surface area contributed by atoms with Crippen LogP contribution in [-0.4, -0.2) is 7.11 Å². The van der Waals surface area contributed by atoms with Gasteiger partial charge >= 0.3 is 0 Å². The maximum Gasteiger partial charge on any atom is 0.176 e. The number of hydrogen-bond donors (Lipinski definition) is 1. The highest BCUT2D eigenvalue weighted by molar-refractivity contribution is 6.30. The van der Waals surface area contributed by atoms with Crippen molar-refractivity contribution in [3.8, 4) is 5.75 Å². The Labute approximate surface area is 122 Å². The average molecular weight is 288 g/mol. The third kappa shape index (κ3) is 2.58. The van der Waals surface area contributed by atoms with E-state index in [1.165, 1.54) is 0 Å². The highest BCUT2D eigenvalue weighted by Crippen LogP contribution is 2.28. The van der Waals surface area contributed by atoms with Gasteiger partial charge < -0.3 is 14.5 Å². The molecule has 1 heterocycles. The molecule has 0 bridgehead atoms. The first-order valence-electron chi connectivity index (χ1n) is 6.31. The van der Waals surface area contributed by atoms with Crippen LogP contribution >= 0.6 is 11.6 Å². The van der Waals surface area contributed by atoms with Crippen molar-refractivity contribution in [1.29, 1.82) is 0 Å². The Morgan fingerprint density at radius 1 is 1.15 bits per heavy atom. The molecule has 0 aliphatic carbocycles. The zero-order valence-corrected chi connectivity index (χ0v) is 11.8. The topological polar surface area (TPSA) is 34.4 Å². The van der Waals surface area contributed by atoms with Crippen molar-refractivity contribution >= 4 is 28.3 Å². The summed E-state index contributed by atoms with van der Waals surface area (Å²) in [6.45, 7) is 0.611. The number of methoxy groups -OCH3 is 1. The molecule has 20 heavy (non-hydrogen) atoms. The summed E-state index contributed by atoms with van der Waals surface area (Å²) in [5.41, 5.74) is 1.78. The van der Waals surface area contributed by atoms with E-state index in [2.05, 4.69) is 5.32 Å². The first-order chi connectivity index (χ1) is 9.76. The van der Waals surface area contributed by atoms with Crippen molar-refractivity contribution in [2.45, 2.75) is 6.54 Å². The van der Waals surface area contributed by atoms with Crippen molar-refractivity contribution in [3.05, 3.63) is 59.3 Å². The summed E-state index contributed by atoms with van der Waals surface area (Å²) in [6, 6.07) is 15.4. The molecule has 0 atom stereocenters. The SMILES string of the molecule is COc1cccc2cc(CNc3ccc(Cl)cc3)oc12. The van der Waals surface area contributed by atoms with Gasteiger partial charge in [-0.2, -0.15) is 0 Å². The van der Waals surface area contributed by atoms with Gasteiger partial charge in [0.15, 0.2) is 11.3 Å². The first-order valence-corrected chi connectivity index (χ1v) is 6.69. The Kier molecular flexibility index (Phi) is 3.52. The minimum absolute atomic E-state index is 0.611. The van der Waals surface area contributed by atoms with Gasteiger partial charge in [0.1, 0.15) is 5.76 Å². The number of hydrogen-bond acceptors (Lipinski definition) is 3. The van der Waals surface area contributed by atoms with E-state index in [0.717, 1.165) is 33.2 Å². The largest absolute Gasteiger partial charge is 0.493 e. The van der Waals surface area contributed by atoms with Gasteiger partial charge in [0.25, 0.3) is 0 Å². The van der Waals surface area contributed by atoms with E-state index in [4.69, 9.17) is 20.8 Å². The third-order valence-corrected chi connectivity index (χ3v) is 3.34. The lowest BCUT2D eigenvalue weighted by Gasteiger charge is -2.04. The van der Waals surface area contributed by atoms with Crippen LogP contribution in [0.25, 0.3) is 11.0 Å². The Morgan fingerprint density at radius 3 is 2.70 bits per heavy atom. The number of fused-ring (bicyclic) bond motifs is 1. The Hall–Kier alpha value is -2.13. The van der Waals surface area contributed by atoms with Crippen LogP contribution in [0.3, 0.4) is 0 Å². The lowest BCUT2D eigenvalue weighted by atomic mass is 10.2. The molecule has 0 unspecified atom stereocenters. The second-order valence-electron chi connectivity index (χ2n) is 4.45. The molecule has 0 spiro atoms. The smallest absolute Gasteiger partial charge is 0.176 e. The van der Waals surface area contributed by atoms with Crippen molar-refractivity contribution in [1.82, 2.24) is 0 Å². The van der Waals surface area contributed by atoms with Crippen LogP contribution in [-0.2, 0) is 6.54 Å². The normalized spacial score (nSPS) is 10.7. The molecule has 3 nitrogen and oxygen atoms in total. The van der Waals surface area contributed by atoms with Gasteiger partial charge in [0, 0.05) is 16.1 Å². The zero-order chi connectivity index (χ0) is 13.9. The van der Waals surface area contributed by atoms with E-state index in [-0.39, 0.29) is 0 Å². The van der Waals surface area contributed by atoms with E-state index in [1.54, 1.807) is 7.11 Å². The van der Waals surface area contributed by atoms with Gasteiger partial charge in [-0.3, -0.25) is 0 Å². The quantitative estimate of drug-likeness (QED) is 0.755. The molecule has 1 N–H and O–H groups in total. The number of ether oxygens (including phenoxy) is 1. The Bertz CT molecular complexity index is 719. The van der Waals surface area contributed by atoms with Crippen LogP contribution in [0.15, 0.2) is 52.9 Å². The average Bonchev–Trinajstić information content (AvgIpc) is 2.89. The zero-order valence-electron chi connectivity index (χ0n) is 11.0. The summed E-state index contributed by atoms with van der Waals surface area (Å²) >= 11 is 5.86. The predicted octanol–water partition coefficient (Wildman–Crippen LogP) is 4.71. The first kappa shape index (κ1) is 12.9. The minimum Gasteiger partial charge on any atom is -0.493 e. The van der Waals surface area contributed by atoms with E-state index in [9.17, 15) is 0 Å². The minimum atomic E-state index is 0.611. The van der Waals surface area contributed by atoms with Crippen molar-refractivity contribution in [3.63, 3.8) is 0 Å². The number of furan rings is 1. The fraction of sp³-hybridized carbons (Fsp3) is 0.125. The molecule has 102 valence electrons. The number of nitrogens with one attached hydrogen (secondary N) is 1. The second-order valence-corrected chi connectivity index (χ2v) is 4.89. The summed E-state index contributed by atoms with van der Waals surface area (Å²) < 4.78 is 11.1.